The lowest BCUT2D eigenvalue weighted by Crippen LogP contribution is -2.22. The normalized spacial score (nSPS) is 11.6. The van der Waals surface area contributed by atoms with Gasteiger partial charge in [0, 0.05) is 12.7 Å². The molecule has 0 saturated carbocycles. The van der Waals surface area contributed by atoms with Crippen molar-refractivity contribution in [3.05, 3.63) is 60.4 Å². The molecule has 8 heteroatoms. The zero-order chi connectivity index (χ0) is 17.9. The molecule has 0 bridgehead atoms. The fourth-order valence-electron chi connectivity index (χ4n) is 2.35. The summed E-state index contributed by atoms with van der Waals surface area (Å²) in [5, 5.41) is 0. The van der Waals surface area contributed by atoms with Gasteiger partial charge in [0.25, 0.3) is 5.91 Å². The summed E-state index contributed by atoms with van der Waals surface area (Å²) in [6.07, 6.45) is 1.52. The number of hydrogen-bond acceptors (Lipinski definition) is 5. The molecule has 2 aromatic carbocycles. The molecule has 0 saturated heterocycles. The van der Waals surface area contributed by atoms with Gasteiger partial charge in [-0.1, -0.05) is 12.1 Å². The smallest absolute Gasteiger partial charge is 0.270 e. The Bertz CT molecular complexity index is 994. The summed E-state index contributed by atoms with van der Waals surface area (Å²) in [4.78, 5) is 16.7. The molecule has 25 heavy (non-hydrogen) atoms. The zero-order valence-electron chi connectivity index (χ0n) is 13.5. The predicted molar refractivity (Wildman–Crippen MR) is 93.8 cm³/mol. The number of para-hydroxylation sites is 2. The zero-order valence-corrected chi connectivity index (χ0v) is 14.4. The van der Waals surface area contributed by atoms with Crippen molar-refractivity contribution in [1.82, 2.24) is 9.66 Å². The van der Waals surface area contributed by atoms with Crippen molar-refractivity contribution in [2.75, 3.05) is 24.9 Å². The van der Waals surface area contributed by atoms with Gasteiger partial charge < -0.3 is 4.74 Å². The van der Waals surface area contributed by atoms with Gasteiger partial charge in [-0.05, 0) is 36.4 Å². The molecule has 3 rings (SSSR count). The third-order valence-electron chi connectivity index (χ3n) is 3.71. The van der Waals surface area contributed by atoms with Crippen molar-refractivity contribution >= 4 is 26.8 Å². The van der Waals surface area contributed by atoms with E-state index in [9.17, 15) is 13.2 Å². The number of benzene rings is 2. The molecule has 1 heterocycles. The first-order valence-corrected chi connectivity index (χ1v) is 9.22. The van der Waals surface area contributed by atoms with Crippen LogP contribution >= 0.6 is 0 Å². The van der Waals surface area contributed by atoms with E-state index in [-0.39, 0.29) is 23.2 Å². The first kappa shape index (κ1) is 17.1. The van der Waals surface area contributed by atoms with Crippen LogP contribution in [0, 0.1) is 0 Å². The molecule has 1 aromatic heterocycles. The molecule has 1 N–H and O–H groups in total. The number of nitrogens with one attached hydrogen (secondary N) is 1. The van der Waals surface area contributed by atoms with E-state index in [1.807, 2.05) is 24.3 Å². The highest BCUT2D eigenvalue weighted by Gasteiger charge is 2.15. The molecular weight excluding hydrogens is 342 g/mol. The van der Waals surface area contributed by atoms with Crippen LogP contribution in [0.3, 0.4) is 0 Å². The van der Waals surface area contributed by atoms with Gasteiger partial charge in [-0.25, -0.2) is 18.1 Å². The van der Waals surface area contributed by atoms with E-state index in [0.29, 0.717) is 5.56 Å². The lowest BCUT2D eigenvalue weighted by Gasteiger charge is -2.08. The van der Waals surface area contributed by atoms with Crippen LogP contribution in [0.1, 0.15) is 10.4 Å². The average molecular weight is 359 g/mol. The molecule has 0 aliphatic carbocycles. The monoisotopic (exact) mass is 359 g/mol. The number of rotatable bonds is 6. The second kappa shape index (κ2) is 7.04. The predicted octanol–water partition coefficient (Wildman–Crippen LogP) is 1.84. The van der Waals surface area contributed by atoms with E-state index in [4.69, 9.17) is 4.74 Å². The number of carbonyl (C=O) groups is 1. The molecule has 0 unspecified atom stereocenters. The minimum absolute atomic E-state index is 0.101. The van der Waals surface area contributed by atoms with Gasteiger partial charge in [0.2, 0.25) is 0 Å². The van der Waals surface area contributed by atoms with Crippen LogP contribution in [-0.2, 0) is 14.6 Å². The highest BCUT2D eigenvalue weighted by molar-refractivity contribution is 7.91. The lowest BCUT2D eigenvalue weighted by atomic mass is 10.2. The quantitative estimate of drug-likeness (QED) is 0.725. The summed E-state index contributed by atoms with van der Waals surface area (Å²) in [6, 6.07) is 13.2. The number of carbonyl (C=O) groups excluding carboxylic acids is 1. The summed E-state index contributed by atoms with van der Waals surface area (Å²) in [5.74, 6) is -0.459. The maximum atomic E-state index is 12.4. The Morgan fingerprint density at radius 3 is 2.60 bits per heavy atom. The summed E-state index contributed by atoms with van der Waals surface area (Å²) in [6.45, 7) is 0.123. The Morgan fingerprint density at radius 1 is 1.16 bits per heavy atom. The molecule has 0 spiro atoms. The number of fused-ring (bicyclic) bond motifs is 1. The molecule has 7 nitrogen and oxygen atoms in total. The minimum atomic E-state index is -3.42. The Hall–Kier alpha value is -2.71. The van der Waals surface area contributed by atoms with Gasteiger partial charge in [-0.3, -0.25) is 10.2 Å². The lowest BCUT2D eigenvalue weighted by molar-refractivity contribution is 0.101. The van der Waals surface area contributed by atoms with Crippen LogP contribution in [0.2, 0.25) is 0 Å². The maximum absolute atomic E-state index is 12.4. The Kier molecular flexibility index (Phi) is 4.82. The molecule has 0 atom stereocenters. The minimum Gasteiger partial charge on any atom is -0.384 e. The Balaban J connectivity index is 1.77. The van der Waals surface area contributed by atoms with Crippen LogP contribution in [0.25, 0.3) is 11.0 Å². The number of aromatic nitrogens is 2. The maximum Gasteiger partial charge on any atom is 0.270 e. The van der Waals surface area contributed by atoms with Gasteiger partial charge >= 0.3 is 0 Å². The standard InChI is InChI=1S/C17H17N3O4S/c1-24-10-11-25(22,23)14-8-6-13(7-9-14)17(21)19-20-12-18-15-4-2-3-5-16(15)20/h2-9,12H,10-11H2,1H3,(H,19,21). The molecular formula is C17H17N3O4S. The van der Waals surface area contributed by atoms with E-state index in [1.165, 1.54) is 42.4 Å². The summed E-state index contributed by atoms with van der Waals surface area (Å²) >= 11 is 0. The van der Waals surface area contributed by atoms with Crippen LogP contribution in [0.15, 0.2) is 59.8 Å². The van der Waals surface area contributed by atoms with E-state index in [0.717, 1.165) is 11.0 Å². The largest absolute Gasteiger partial charge is 0.384 e. The van der Waals surface area contributed by atoms with Crippen molar-refractivity contribution in [2.45, 2.75) is 4.90 Å². The second-order valence-electron chi connectivity index (χ2n) is 5.38. The van der Waals surface area contributed by atoms with Crippen molar-refractivity contribution in [2.24, 2.45) is 0 Å². The Morgan fingerprint density at radius 2 is 1.88 bits per heavy atom. The average Bonchev–Trinajstić information content (AvgIpc) is 3.03. The van der Waals surface area contributed by atoms with Crippen molar-refractivity contribution in [3.8, 4) is 0 Å². The molecule has 130 valence electrons. The van der Waals surface area contributed by atoms with Crippen LogP contribution < -0.4 is 5.43 Å². The van der Waals surface area contributed by atoms with Gasteiger partial charge in [-0.2, -0.15) is 0 Å². The third kappa shape index (κ3) is 3.70. The number of methoxy groups -OCH3 is 1. The SMILES string of the molecule is COCCS(=O)(=O)c1ccc(C(=O)Nn2cnc3ccccc32)cc1. The number of imidazole rings is 1. The first-order valence-electron chi connectivity index (χ1n) is 7.56. The van der Waals surface area contributed by atoms with E-state index >= 15 is 0 Å². The topological polar surface area (TPSA) is 90.3 Å². The molecule has 3 aromatic rings. The Labute approximate surface area is 145 Å². The molecule has 0 aliphatic rings. The van der Waals surface area contributed by atoms with Crippen molar-refractivity contribution < 1.29 is 17.9 Å². The first-order chi connectivity index (χ1) is 12.0. The fourth-order valence-corrected chi connectivity index (χ4v) is 3.52. The summed E-state index contributed by atoms with van der Waals surface area (Å²) < 4.78 is 30.5. The fraction of sp³-hybridized carbons (Fsp3) is 0.176. The van der Waals surface area contributed by atoms with Crippen LogP contribution in [-0.4, -0.2) is 43.5 Å². The van der Waals surface area contributed by atoms with Gasteiger partial charge in [0.1, 0.15) is 6.33 Å². The van der Waals surface area contributed by atoms with E-state index < -0.39 is 9.84 Å². The van der Waals surface area contributed by atoms with Gasteiger partial charge in [-0.15, -0.1) is 0 Å². The van der Waals surface area contributed by atoms with E-state index in [1.54, 1.807) is 0 Å². The number of sulfone groups is 1. The molecule has 0 radical (unpaired) electrons. The van der Waals surface area contributed by atoms with Crippen LogP contribution in [0.4, 0.5) is 0 Å². The van der Waals surface area contributed by atoms with Gasteiger partial charge in [0.05, 0.1) is 28.3 Å². The van der Waals surface area contributed by atoms with Crippen molar-refractivity contribution in [3.63, 3.8) is 0 Å². The second-order valence-corrected chi connectivity index (χ2v) is 7.49. The van der Waals surface area contributed by atoms with Crippen LogP contribution in [0.5, 0.6) is 0 Å². The number of ether oxygens (including phenoxy) is 1. The molecule has 0 aliphatic heterocycles. The number of nitrogens with zero attached hydrogens (tertiary/aromatic N) is 2. The van der Waals surface area contributed by atoms with Gasteiger partial charge in [0.15, 0.2) is 9.84 Å². The highest BCUT2D eigenvalue weighted by atomic mass is 32.2. The third-order valence-corrected chi connectivity index (χ3v) is 5.40. The van der Waals surface area contributed by atoms with E-state index in [2.05, 4.69) is 10.4 Å². The summed E-state index contributed by atoms with van der Waals surface area (Å²) in [7, 11) is -1.97. The summed E-state index contributed by atoms with van der Waals surface area (Å²) in [5.41, 5.74) is 4.61. The molecule has 0 fully saturated rings. The van der Waals surface area contributed by atoms with Crippen molar-refractivity contribution in [1.29, 1.82) is 0 Å². The highest BCUT2D eigenvalue weighted by Crippen LogP contribution is 2.14. The number of amides is 1. The number of hydrogen-bond donors (Lipinski definition) is 1. The molecule has 1 amide bonds.